The fourth-order valence-corrected chi connectivity index (χ4v) is 4.81. The molecule has 0 aliphatic heterocycles. The lowest BCUT2D eigenvalue weighted by Crippen LogP contribution is -2.10. The number of aryl methyl sites for hydroxylation is 1. The van der Waals surface area contributed by atoms with E-state index >= 15 is 0 Å². The summed E-state index contributed by atoms with van der Waals surface area (Å²) in [5.74, 6) is 1.24. The first-order valence-corrected chi connectivity index (χ1v) is 11.0. The van der Waals surface area contributed by atoms with Crippen LogP contribution in [0.4, 0.5) is 5.82 Å². The van der Waals surface area contributed by atoms with Crippen molar-refractivity contribution < 1.29 is 4.79 Å². The molecule has 1 aromatic carbocycles. The normalized spacial score (nSPS) is 10.9. The number of pyridine rings is 1. The summed E-state index contributed by atoms with van der Waals surface area (Å²) in [4.78, 5) is 29.5. The van der Waals surface area contributed by atoms with Gasteiger partial charge in [0.2, 0.25) is 5.91 Å². The summed E-state index contributed by atoms with van der Waals surface area (Å²) in [5, 5.41) is 3.65. The highest BCUT2D eigenvalue weighted by Gasteiger charge is 2.19. The lowest BCUT2D eigenvalue weighted by atomic mass is 10.1. The Bertz CT molecular complexity index is 1170. The maximum atomic E-state index is 11.7. The molecule has 4 rings (SSSR count). The van der Waals surface area contributed by atoms with Crippen LogP contribution in [0, 0.1) is 10.5 Å². The van der Waals surface area contributed by atoms with Crippen LogP contribution in [0.2, 0.25) is 0 Å². The average Bonchev–Trinajstić information content (AvgIpc) is 3.38. The van der Waals surface area contributed by atoms with Crippen molar-refractivity contribution in [3.05, 3.63) is 58.1 Å². The molecular weight excluding hydrogens is 497 g/mol. The molecule has 3 heterocycles. The molecule has 0 saturated carbocycles. The Labute approximate surface area is 186 Å². The number of hydrogen-bond acceptors (Lipinski definition) is 5. The number of imidazole rings is 1. The van der Waals surface area contributed by atoms with Crippen molar-refractivity contribution in [3.8, 4) is 32.5 Å². The second-order valence-electron chi connectivity index (χ2n) is 6.45. The summed E-state index contributed by atoms with van der Waals surface area (Å²) in [6, 6.07) is 10.1. The van der Waals surface area contributed by atoms with Gasteiger partial charge in [-0.3, -0.25) is 4.79 Å². The van der Waals surface area contributed by atoms with Crippen LogP contribution in [-0.2, 0) is 4.79 Å². The summed E-state index contributed by atoms with van der Waals surface area (Å²) in [6.45, 7) is 3.89. The molecule has 0 radical (unpaired) electrons. The first kappa shape index (κ1) is 19.7. The van der Waals surface area contributed by atoms with Crippen molar-refractivity contribution in [2.24, 2.45) is 0 Å². The van der Waals surface area contributed by atoms with E-state index in [4.69, 9.17) is 4.98 Å². The SMILES string of the molecule is CCC(=O)Nc1cc(-c2nc(-c3ccc(C)cc3I)c(-c3ncc[nH]3)s2)ccn1. The minimum atomic E-state index is -0.0695. The van der Waals surface area contributed by atoms with Gasteiger partial charge >= 0.3 is 0 Å². The third-order valence-electron chi connectivity index (χ3n) is 4.32. The lowest BCUT2D eigenvalue weighted by molar-refractivity contribution is -0.115. The van der Waals surface area contributed by atoms with E-state index in [0.717, 1.165) is 36.1 Å². The maximum Gasteiger partial charge on any atom is 0.225 e. The average molecular weight is 515 g/mol. The van der Waals surface area contributed by atoms with E-state index in [9.17, 15) is 4.79 Å². The number of aromatic nitrogens is 4. The first-order valence-electron chi connectivity index (χ1n) is 9.08. The Balaban J connectivity index is 1.82. The summed E-state index contributed by atoms with van der Waals surface area (Å²) in [6.07, 6.45) is 5.64. The lowest BCUT2D eigenvalue weighted by Gasteiger charge is -2.05. The first-order chi connectivity index (χ1) is 14.0. The number of carbonyl (C=O) groups is 1. The molecular formula is C21H18IN5OS. The molecule has 29 heavy (non-hydrogen) atoms. The molecule has 6 nitrogen and oxygen atoms in total. The quantitative estimate of drug-likeness (QED) is 0.343. The van der Waals surface area contributed by atoms with Crippen LogP contribution in [0.25, 0.3) is 32.5 Å². The molecule has 0 unspecified atom stereocenters. The Kier molecular flexibility index (Phi) is 5.72. The van der Waals surface area contributed by atoms with Gasteiger partial charge < -0.3 is 10.3 Å². The topological polar surface area (TPSA) is 83.6 Å². The fraction of sp³-hybridized carbons (Fsp3) is 0.143. The number of H-pyrrole nitrogens is 1. The van der Waals surface area contributed by atoms with Crippen LogP contribution in [-0.4, -0.2) is 25.8 Å². The van der Waals surface area contributed by atoms with E-state index in [1.54, 1.807) is 23.7 Å². The van der Waals surface area contributed by atoms with Gasteiger partial charge in [0.1, 0.15) is 16.6 Å². The molecule has 0 aliphatic rings. The summed E-state index contributed by atoms with van der Waals surface area (Å²) < 4.78 is 1.14. The predicted octanol–water partition coefficient (Wildman–Crippen LogP) is 5.52. The Hall–Kier alpha value is -2.59. The number of anilines is 1. The number of nitrogens with one attached hydrogen (secondary N) is 2. The predicted molar refractivity (Wildman–Crippen MR) is 125 cm³/mol. The second kappa shape index (κ2) is 8.42. The summed E-state index contributed by atoms with van der Waals surface area (Å²) in [5.41, 5.74) is 4.06. The maximum absolute atomic E-state index is 11.7. The van der Waals surface area contributed by atoms with Crippen LogP contribution in [0.1, 0.15) is 18.9 Å². The smallest absolute Gasteiger partial charge is 0.225 e. The minimum absolute atomic E-state index is 0.0695. The molecule has 4 aromatic rings. The number of halogens is 1. The number of nitrogens with zero attached hydrogens (tertiary/aromatic N) is 3. The van der Waals surface area contributed by atoms with E-state index in [1.807, 2.05) is 25.3 Å². The van der Waals surface area contributed by atoms with Crippen molar-refractivity contribution in [1.29, 1.82) is 0 Å². The van der Waals surface area contributed by atoms with Gasteiger partial charge in [0.05, 0.1) is 10.6 Å². The van der Waals surface area contributed by atoms with Gasteiger partial charge in [-0.05, 0) is 47.7 Å². The van der Waals surface area contributed by atoms with E-state index in [1.165, 1.54) is 5.56 Å². The molecule has 2 N–H and O–H groups in total. The van der Waals surface area contributed by atoms with Crippen molar-refractivity contribution in [2.45, 2.75) is 20.3 Å². The van der Waals surface area contributed by atoms with Gasteiger partial charge in [0, 0.05) is 39.7 Å². The Morgan fingerprint density at radius 1 is 1.21 bits per heavy atom. The number of aromatic amines is 1. The van der Waals surface area contributed by atoms with Crippen LogP contribution in [0.15, 0.2) is 48.9 Å². The van der Waals surface area contributed by atoms with Gasteiger partial charge in [0.25, 0.3) is 0 Å². The van der Waals surface area contributed by atoms with Crippen LogP contribution >= 0.6 is 33.9 Å². The van der Waals surface area contributed by atoms with Crippen molar-refractivity contribution >= 4 is 45.7 Å². The monoisotopic (exact) mass is 515 g/mol. The number of thiazole rings is 1. The van der Waals surface area contributed by atoms with E-state index in [-0.39, 0.29) is 5.91 Å². The Morgan fingerprint density at radius 3 is 2.79 bits per heavy atom. The zero-order valence-corrected chi connectivity index (χ0v) is 18.8. The van der Waals surface area contributed by atoms with Gasteiger partial charge in [-0.1, -0.05) is 24.6 Å². The number of amides is 1. The highest BCUT2D eigenvalue weighted by atomic mass is 127. The van der Waals surface area contributed by atoms with Crippen LogP contribution < -0.4 is 5.32 Å². The van der Waals surface area contributed by atoms with Crippen LogP contribution in [0.5, 0.6) is 0 Å². The number of hydrogen-bond donors (Lipinski definition) is 2. The molecule has 0 bridgehead atoms. The van der Waals surface area contributed by atoms with E-state index in [0.29, 0.717) is 12.2 Å². The minimum Gasteiger partial charge on any atom is -0.344 e. The highest BCUT2D eigenvalue weighted by Crippen LogP contribution is 2.41. The van der Waals surface area contributed by atoms with Gasteiger partial charge in [-0.25, -0.2) is 15.0 Å². The molecule has 3 aromatic heterocycles. The zero-order valence-electron chi connectivity index (χ0n) is 15.9. The zero-order chi connectivity index (χ0) is 20.4. The fourth-order valence-electron chi connectivity index (χ4n) is 2.85. The molecule has 0 aliphatic carbocycles. The summed E-state index contributed by atoms with van der Waals surface area (Å²) in [7, 11) is 0. The Morgan fingerprint density at radius 2 is 2.07 bits per heavy atom. The van der Waals surface area contributed by atoms with Gasteiger partial charge in [0.15, 0.2) is 0 Å². The van der Waals surface area contributed by atoms with Crippen molar-refractivity contribution in [1.82, 2.24) is 19.9 Å². The number of benzene rings is 1. The summed E-state index contributed by atoms with van der Waals surface area (Å²) >= 11 is 3.91. The highest BCUT2D eigenvalue weighted by molar-refractivity contribution is 14.1. The van der Waals surface area contributed by atoms with Gasteiger partial charge in [-0.2, -0.15) is 0 Å². The van der Waals surface area contributed by atoms with E-state index in [2.05, 4.69) is 68.0 Å². The molecule has 0 saturated heterocycles. The molecule has 146 valence electrons. The van der Waals surface area contributed by atoms with Crippen molar-refractivity contribution in [2.75, 3.05) is 5.32 Å². The van der Waals surface area contributed by atoms with Gasteiger partial charge in [-0.15, -0.1) is 11.3 Å². The second-order valence-corrected chi connectivity index (χ2v) is 8.61. The molecule has 0 atom stereocenters. The molecule has 0 fully saturated rings. The standard InChI is InChI=1S/C21H18IN5OS/c1-3-17(28)26-16-11-13(6-7-23-16)21-27-18(14-5-4-12(2)10-15(14)22)19(29-21)20-24-8-9-25-20/h4-11H,3H2,1-2H3,(H,24,25)(H,23,26,28). The largest absolute Gasteiger partial charge is 0.344 e. The number of carbonyl (C=O) groups excluding carboxylic acids is 1. The van der Waals surface area contributed by atoms with Crippen molar-refractivity contribution in [3.63, 3.8) is 0 Å². The van der Waals surface area contributed by atoms with Crippen LogP contribution in [0.3, 0.4) is 0 Å². The molecule has 8 heteroatoms. The molecule has 0 spiro atoms. The third kappa shape index (κ3) is 4.23. The third-order valence-corrected chi connectivity index (χ3v) is 6.32. The number of rotatable bonds is 5. The molecule has 1 amide bonds. The van der Waals surface area contributed by atoms with E-state index < -0.39 is 0 Å².